The van der Waals surface area contributed by atoms with Gasteiger partial charge in [0.05, 0.1) is 18.1 Å². The van der Waals surface area contributed by atoms with Crippen molar-refractivity contribution in [3.8, 4) is 11.8 Å². The number of carboxylic acids is 1. The topological polar surface area (TPSA) is 93.5 Å². The van der Waals surface area contributed by atoms with Gasteiger partial charge in [0.1, 0.15) is 17.2 Å². The van der Waals surface area contributed by atoms with Gasteiger partial charge in [-0.2, -0.15) is 5.26 Å². The number of aliphatic carboxylic acids is 1. The number of para-hydroxylation sites is 2. The molecule has 0 spiro atoms. The molecule has 3 aromatic carbocycles. The van der Waals surface area contributed by atoms with E-state index in [-0.39, 0.29) is 29.6 Å². The summed E-state index contributed by atoms with van der Waals surface area (Å²) in [7, 11) is 0. The third kappa shape index (κ3) is 3.95. The van der Waals surface area contributed by atoms with Gasteiger partial charge in [-0.3, -0.25) is 0 Å². The zero-order chi connectivity index (χ0) is 23.9. The maximum absolute atomic E-state index is 13.7. The van der Waals surface area contributed by atoms with E-state index in [1.807, 2.05) is 6.07 Å². The van der Waals surface area contributed by atoms with Gasteiger partial charge in [-0.15, -0.1) is 0 Å². The number of esters is 1. The van der Waals surface area contributed by atoms with Gasteiger partial charge in [0.15, 0.2) is 0 Å². The molecule has 35 heavy (non-hydrogen) atoms. The van der Waals surface area contributed by atoms with Crippen LogP contribution in [0.4, 0.5) is 5.69 Å². The first-order valence-electron chi connectivity index (χ1n) is 10.7. The number of ether oxygens (including phenoxy) is 1. The van der Waals surface area contributed by atoms with Crippen molar-refractivity contribution in [2.75, 3.05) is 4.90 Å². The van der Waals surface area contributed by atoms with Crippen LogP contribution in [-0.4, -0.2) is 24.0 Å². The average molecular weight is 493 g/mol. The Morgan fingerprint density at radius 1 is 0.971 bits per heavy atom. The van der Waals surface area contributed by atoms with Gasteiger partial charge in [0, 0.05) is 22.2 Å². The fraction of sp³-hybridized carbons (Fsp3) is 0.148. The summed E-state index contributed by atoms with van der Waals surface area (Å²) in [5.74, 6) is -3.02. The number of carbonyl (C=O) groups excluding carboxylic acids is 2. The molecule has 8 heteroatoms. The Morgan fingerprint density at radius 3 is 2.20 bits per heavy atom. The molecule has 2 aliphatic rings. The minimum Gasteiger partial charge on any atom is -0.548 e. The zero-order valence-electron chi connectivity index (χ0n) is 18.8. The Morgan fingerprint density at radius 2 is 1.57 bits per heavy atom. The molecule has 168 valence electrons. The van der Waals surface area contributed by atoms with Gasteiger partial charge >= 0.3 is 35.5 Å². The fourth-order valence-corrected chi connectivity index (χ4v) is 5.36. The molecule has 4 atom stereocenters. The van der Waals surface area contributed by atoms with Crippen molar-refractivity contribution < 1.29 is 49.0 Å². The van der Waals surface area contributed by atoms with Crippen LogP contribution in [-0.2, 0) is 9.59 Å². The summed E-state index contributed by atoms with van der Waals surface area (Å²) in [6.45, 7) is 0. The molecule has 2 heterocycles. The number of anilines is 1. The smallest absolute Gasteiger partial charge is 0.548 e. The zero-order valence-corrected chi connectivity index (χ0v) is 21.6. The van der Waals surface area contributed by atoms with E-state index in [2.05, 4.69) is 0 Å². The van der Waals surface area contributed by atoms with Crippen molar-refractivity contribution >= 4 is 34.3 Å². The summed E-state index contributed by atoms with van der Waals surface area (Å²) in [6, 6.07) is 24.1. The molecule has 0 aliphatic carbocycles. The van der Waals surface area contributed by atoms with Gasteiger partial charge in [0.25, 0.3) is 0 Å². The van der Waals surface area contributed by atoms with E-state index >= 15 is 0 Å². The van der Waals surface area contributed by atoms with E-state index in [1.165, 1.54) is 6.08 Å². The third-order valence-corrected chi connectivity index (χ3v) is 6.83. The van der Waals surface area contributed by atoms with E-state index in [9.17, 15) is 20.0 Å². The summed E-state index contributed by atoms with van der Waals surface area (Å²) in [4.78, 5) is 28.1. The van der Waals surface area contributed by atoms with E-state index in [1.54, 1.807) is 89.8 Å². The van der Waals surface area contributed by atoms with Crippen LogP contribution in [0.15, 0.2) is 91.0 Å². The normalized spacial score (nSPS) is 24.2. The first kappa shape index (κ1) is 25.0. The molecule has 5 rings (SSSR count). The second kappa shape index (κ2) is 9.88. The average Bonchev–Trinajstić information content (AvgIpc) is 3.17. The monoisotopic (exact) mass is 492 g/mol. The van der Waals surface area contributed by atoms with Crippen molar-refractivity contribution in [1.29, 1.82) is 5.26 Å². The Bertz CT molecular complexity index is 1340. The molecule has 1 saturated heterocycles. The number of carbonyl (C=O) groups is 2. The van der Waals surface area contributed by atoms with E-state index in [0.717, 1.165) is 0 Å². The SMILES string of the molecule is N#CC1(C(=O)[O-])C(c2ccccc2)C(C(=O)Oc2ccccc2)N2c3ccccc3C(Cl)=CC21.[Na+]. The summed E-state index contributed by atoms with van der Waals surface area (Å²) < 4.78 is 5.70. The van der Waals surface area contributed by atoms with Crippen LogP contribution in [0.2, 0.25) is 0 Å². The Kier molecular flexibility index (Phi) is 7.07. The maximum atomic E-state index is 13.7. The number of benzene rings is 3. The van der Waals surface area contributed by atoms with Crippen LogP contribution in [0.5, 0.6) is 5.75 Å². The van der Waals surface area contributed by atoms with Gasteiger partial charge in [-0.05, 0) is 29.8 Å². The molecular formula is C27H18ClN2NaO4. The molecular weight excluding hydrogens is 475 g/mol. The molecule has 2 aliphatic heterocycles. The first-order chi connectivity index (χ1) is 16.5. The molecule has 0 aromatic heterocycles. The predicted molar refractivity (Wildman–Crippen MR) is 125 cm³/mol. The quantitative estimate of drug-likeness (QED) is 0.299. The first-order valence-corrected chi connectivity index (χ1v) is 11.1. The van der Waals surface area contributed by atoms with E-state index < -0.39 is 35.4 Å². The maximum Gasteiger partial charge on any atom is 1.00 e. The summed E-state index contributed by atoms with van der Waals surface area (Å²) in [6.07, 6.45) is 1.52. The number of nitriles is 1. The van der Waals surface area contributed by atoms with Crippen LogP contribution in [0.25, 0.3) is 5.03 Å². The van der Waals surface area contributed by atoms with E-state index in [0.29, 0.717) is 27.6 Å². The Balaban J connectivity index is 0.00000289. The minimum absolute atomic E-state index is 0. The molecule has 1 fully saturated rings. The van der Waals surface area contributed by atoms with Crippen molar-refractivity contribution in [3.05, 3.63) is 102 Å². The van der Waals surface area contributed by atoms with E-state index in [4.69, 9.17) is 16.3 Å². The van der Waals surface area contributed by atoms with Gasteiger partial charge < -0.3 is 19.5 Å². The van der Waals surface area contributed by atoms with Crippen LogP contribution in [0.1, 0.15) is 17.0 Å². The molecule has 0 radical (unpaired) electrons. The van der Waals surface area contributed by atoms with Crippen LogP contribution in [0.3, 0.4) is 0 Å². The standard InChI is InChI=1S/C27H19ClN2O4.Na/c28-20-15-22-27(16-29,26(32)33)23(17-9-3-1-4-10-17)24(25(31)34-18-11-5-2-6-12-18)30(22)21-14-8-7-13-19(20)21;/h1-15,22-24H,(H,32,33);/q;+1/p-1. The minimum atomic E-state index is -2.10. The molecule has 6 nitrogen and oxygen atoms in total. The largest absolute Gasteiger partial charge is 1.00 e. The number of fused-ring (bicyclic) bond motifs is 3. The summed E-state index contributed by atoms with van der Waals surface area (Å²) in [5.41, 5.74) is -0.402. The molecule has 0 N–H and O–H groups in total. The Labute approximate surface area is 229 Å². The third-order valence-electron chi connectivity index (χ3n) is 6.50. The van der Waals surface area contributed by atoms with Crippen LogP contribution < -0.4 is 44.3 Å². The van der Waals surface area contributed by atoms with Crippen molar-refractivity contribution in [1.82, 2.24) is 0 Å². The fourth-order valence-electron chi connectivity index (χ4n) is 5.08. The van der Waals surface area contributed by atoms with Gasteiger partial charge in [-0.25, -0.2) is 4.79 Å². The number of hydrogen-bond acceptors (Lipinski definition) is 6. The van der Waals surface area contributed by atoms with Crippen molar-refractivity contribution in [3.63, 3.8) is 0 Å². The number of halogens is 1. The molecule has 0 bridgehead atoms. The van der Waals surface area contributed by atoms with Crippen molar-refractivity contribution in [2.45, 2.75) is 18.0 Å². The van der Waals surface area contributed by atoms with Crippen LogP contribution in [0, 0.1) is 16.7 Å². The molecule has 4 unspecified atom stereocenters. The number of nitrogens with zero attached hydrogens (tertiary/aromatic N) is 2. The molecule has 0 saturated carbocycles. The molecule has 3 aromatic rings. The predicted octanol–water partition coefficient (Wildman–Crippen LogP) is 0.490. The van der Waals surface area contributed by atoms with Crippen molar-refractivity contribution in [2.24, 2.45) is 5.41 Å². The van der Waals surface area contributed by atoms with Crippen LogP contribution >= 0.6 is 11.6 Å². The number of hydrogen-bond donors (Lipinski definition) is 0. The van der Waals surface area contributed by atoms with Gasteiger partial charge in [-0.1, -0.05) is 78.3 Å². The second-order valence-electron chi connectivity index (χ2n) is 8.22. The summed E-state index contributed by atoms with van der Waals surface area (Å²) >= 11 is 6.55. The number of carboxylic acid groups (broad SMARTS) is 1. The summed E-state index contributed by atoms with van der Waals surface area (Å²) in [5, 5.41) is 23.4. The Hall–Kier alpha value is -3.08. The van der Waals surface area contributed by atoms with Gasteiger partial charge in [0.2, 0.25) is 0 Å². The second-order valence-corrected chi connectivity index (χ2v) is 8.63. The number of rotatable bonds is 4. The molecule has 0 amide bonds.